The highest BCUT2D eigenvalue weighted by molar-refractivity contribution is 5.83. The molecule has 0 bridgehead atoms. The van der Waals surface area contributed by atoms with Crippen molar-refractivity contribution < 1.29 is 8.78 Å². The van der Waals surface area contributed by atoms with Gasteiger partial charge in [0.1, 0.15) is 23.0 Å². The number of nitrogens with zero attached hydrogens (tertiary/aromatic N) is 1. The first-order valence-electron chi connectivity index (χ1n) is 6.04. The third-order valence-corrected chi connectivity index (χ3v) is 2.91. The predicted molar refractivity (Wildman–Crippen MR) is 69.9 cm³/mol. The molecular weight excluding hydrogens is 234 g/mol. The van der Waals surface area contributed by atoms with Crippen LogP contribution in [-0.2, 0) is 0 Å². The van der Waals surface area contributed by atoms with E-state index in [2.05, 4.69) is 10.3 Å². The smallest absolute Gasteiger partial charge is 0.149 e. The molecule has 18 heavy (non-hydrogen) atoms. The van der Waals surface area contributed by atoms with E-state index in [4.69, 9.17) is 0 Å². The lowest BCUT2D eigenvalue weighted by molar-refractivity contribution is 0.607. The van der Waals surface area contributed by atoms with Crippen molar-refractivity contribution in [3.63, 3.8) is 0 Å². The van der Waals surface area contributed by atoms with Crippen molar-refractivity contribution in [1.29, 1.82) is 0 Å². The largest absolute Gasteiger partial charge is 0.370 e. The van der Waals surface area contributed by atoms with Crippen LogP contribution in [0, 0.1) is 25.5 Å². The van der Waals surface area contributed by atoms with Gasteiger partial charge in [0.05, 0.1) is 0 Å². The van der Waals surface area contributed by atoms with E-state index in [0.29, 0.717) is 11.4 Å². The minimum atomic E-state index is -0.483. The van der Waals surface area contributed by atoms with Gasteiger partial charge >= 0.3 is 0 Å². The summed E-state index contributed by atoms with van der Waals surface area (Å²) in [5.74, 6) is -0.265. The average Bonchev–Trinajstić information content (AvgIpc) is 2.34. The quantitative estimate of drug-likeness (QED) is 0.892. The maximum atomic E-state index is 13.9. The minimum Gasteiger partial charge on any atom is -0.370 e. The summed E-state index contributed by atoms with van der Waals surface area (Å²) in [6.45, 7) is 6.18. The first-order valence-corrected chi connectivity index (χ1v) is 6.04. The molecule has 0 saturated heterocycles. The SMILES string of the molecule is CCCNc1nc2c(F)cc(C)c(F)c2cc1C. The Bertz CT molecular complexity index is 594. The van der Waals surface area contributed by atoms with E-state index in [1.165, 1.54) is 6.07 Å². The van der Waals surface area contributed by atoms with Gasteiger partial charge in [0, 0.05) is 11.9 Å². The van der Waals surface area contributed by atoms with Crippen molar-refractivity contribution in [3.8, 4) is 0 Å². The Morgan fingerprint density at radius 2 is 1.89 bits per heavy atom. The number of anilines is 1. The van der Waals surface area contributed by atoms with Gasteiger partial charge < -0.3 is 5.32 Å². The van der Waals surface area contributed by atoms with Crippen molar-refractivity contribution in [2.24, 2.45) is 0 Å². The molecule has 2 rings (SSSR count). The molecule has 0 fully saturated rings. The van der Waals surface area contributed by atoms with Gasteiger partial charge in [-0.05, 0) is 43.5 Å². The van der Waals surface area contributed by atoms with Crippen molar-refractivity contribution in [1.82, 2.24) is 4.98 Å². The van der Waals surface area contributed by atoms with Gasteiger partial charge in [-0.25, -0.2) is 13.8 Å². The van der Waals surface area contributed by atoms with Crippen LogP contribution in [0.2, 0.25) is 0 Å². The number of aromatic nitrogens is 1. The lowest BCUT2D eigenvalue weighted by Crippen LogP contribution is -2.05. The Morgan fingerprint density at radius 3 is 2.56 bits per heavy atom. The molecule has 0 spiro atoms. The van der Waals surface area contributed by atoms with Crippen molar-refractivity contribution in [2.45, 2.75) is 27.2 Å². The molecule has 1 aromatic carbocycles. The number of nitrogens with one attached hydrogen (secondary N) is 1. The molecule has 0 amide bonds. The first-order chi connectivity index (χ1) is 8.54. The number of pyridine rings is 1. The van der Waals surface area contributed by atoms with Crippen LogP contribution in [0.15, 0.2) is 12.1 Å². The van der Waals surface area contributed by atoms with E-state index in [9.17, 15) is 8.78 Å². The fourth-order valence-electron chi connectivity index (χ4n) is 1.92. The lowest BCUT2D eigenvalue weighted by Gasteiger charge is -2.11. The normalized spacial score (nSPS) is 10.9. The molecule has 96 valence electrons. The van der Waals surface area contributed by atoms with Crippen LogP contribution >= 0.6 is 0 Å². The van der Waals surface area contributed by atoms with Gasteiger partial charge in [-0.15, -0.1) is 0 Å². The van der Waals surface area contributed by atoms with Gasteiger partial charge in [-0.3, -0.25) is 0 Å². The number of fused-ring (bicyclic) bond motifs is 1. The number of hydrogen-bond donors (Lipinski definition) is 1. The van der Waals surface area contributed by atoms with Crippen LogP contribution in [0.4, 0.5) is 14.6 Å². The van der Waals surface area contributed by atoms with E-state index in [1.807, 2.05) is 13.8 Å². The predicted octanol–water partition coefficient (Wildman–Crippen LogP) is 3.95. The van der Waals surface area contributed by atoms with Crippen LogP contribution in [0.1, 0.15) is 24.5 Å². The molecule has 2 nitrogen and oxygen atoms in total. The summed E-state index contributed by atoms with van der Waals surface area (Å²) >= 11 is 0. The van der Waals surface area contributed by atoms with Crippen LogP contribution in [0.3, 0.4) is 0 Å². The molecule has 0 unspecified atom stereocenters. The van der Waals surface area contributed by atoms with Crippen LogP contribution in [0.5, 0.6) is 0 Å². The second-order valence-corrected chi connectivity index (χ2v) is 4.47. The molecule has 0 atom stereocenters. The monoisotopic (exact) mass is 250 g/mol. The average molecular weight is 250 g/mol. The fourth-order valence-corrected chi connectivity index (χ4v) is 1.92. The first kappa shape index (κ1) is 12.7. The second-order valence-electron chi connectivity index (χ2n) is 4.47. The highest BCUT2D eigenvalue weighted by Gasteiger charge is 2.13. The maximum absolute atomic E-state index is 13.9. The highest BCUT2D eigenvalue weighted by atomic mass is 19.1. The van der Waals surface area contributed by atoms with E-state index in [-0.39, 0.29) is 10.9 Å². The number of benzene rings is 1. The second kappa shape index (κ2) is 4.88. The Kier molecular flexibility index (Phi) is 3.45. The van der Waals surface area contributed by atoms with Crippen molar-refractivity contribution in [3.05, 3.63) is 34.9 Å². The maximum Gasteiger partial charge on any atom is 0.149 e. The van der Waals surface area contributed by atoms with Gasteiger partial charge in [0.2, 0.25) is 0 Å². The van der Waals surface area contributed by atoms with Gasteiger partial charge in [-0.1, -0.05) is 6.92 Å². The number of hydrogen-bond acceptors (Lipinski definition) is 2. The fraction of sp³-hybridized carbons (Fsp3) is 0.357. The molecule has 4 heteroatoms. The highest BCUT2D eigenvalue weighted by Crippen LogP contribution is 2.26. The van der Waals surface area contributed by atoms with Gasteiger partial charge in [0.25, 0.3) is 0 Å². The molecule has 1 heterocycles. The van der Waals surface area contributed by atoms with E-state index < -0.39 is 11.6 Å². The lowest BCUT2D eigenvalue weighted by atomic mass is 10.1. The minimum absolute atomic E-state index is 0.0855. The molecule has 0 aliphatic heterocycles. The Hall–Kier alpha value is -1.71. The topological polar surface area (TPSA) is 24.9 Å². The zero-order chi connectivity index (χ0) is 13.3. The molecule has 0 aliphatic carbocycles. The summed E-state index contributed by atoms with van der Waals surface area (Å²) in [6, 6.07) is 2.83. The van der Waals surface area contributed by atoms with E-state index in [1.54, 1.807) is 13.0 Å². The standard InChI is InChI=1S/C14H16F2N2/c1-4-5-17-14-9(3)6-10-12(16)8(2)7-11(15)13(10)18-14/h6-7H,4-5H2,1-3H3,(H,17,18). The summed E-state index contributed by atoms with van der Waals surface area (Å²) in [4.78, 5) is 4.19. The molecule has 1 N–H and O–H groups in total. The molecular formula is C14H16F2N2. The Morgan fingerprint density at radius 1 is 1.17 bits per heavy atom. The Balaban J connectivity index is 2.64. The summed E-state index contributed by atoms with van der Waals surface area (Å²) in [7, 11) is 0. The van der Waals surface area contributed by atoms with Crippen LogP contribution in [0.25, 0.3) is 10.9 Å². The number of halogens is 2. The molecule has 1 aromatic heterocycles. The molecule has 0 radical (unpaired) electrons. The molecule has 0 saturated carbocycles. The molecule has 0 aliphatic rings. The van der Waals surface area contributed by atoms with Crippen molar-refractivity contribution in [2.75, 3.05) is 11.9 Å². The zero-order valence-corrected chi connectivity index (χ0v) is 10.8. The third-order valence-electron chi connectivity index (χ3n) is 2.91. The van der Waals surface area contributed by atoms with E-state index in [0.717, 1.165) is 18.5 Å². The number of aryl methyl sites for hydroxylation is 2. The van der Waals surface area contributed by atoms with Crippen LogP contribution < -0.4 is 5.32 Å². The Labute approximate surface area is 105 Å². The summed E-state index contributed by atoms with van der Waals surface area (Å²) in [6.07, 6.45) is 0.948. The molecule has 2 aromatic rings. The summed E-state index contributed by atoms with van der Waals surface area (Å²) in [5, 5.41) is 3.36. The zero-order valence-electron chi connectivity index (χ0n) is 10.8. The third kappa shape index (κ3) is 2.15. The van der Waals surface area contributed by atoms with Gasteiger partial charge in [0.15, 0.2) is 0 Å². The number of rotatable bonds is 3. The van der Waals surface area contributed by atoms with Crippen LogP contribution in [-0.4, -0.2) is 11.5 Å². The van der Waals surface area contributed by atoms with Gasteiger partial charge in [-0.2, -0.15) is 0 Å². The summed E-state index contributed by atoms with van der Waals surface area (Å²) < 4.78 is 27.7. The van der Waals surface area contributed by atoms with Crippen molar-refractivity contribution >= 4 is 16.7 Å². The van der Waals surface area contributed by atoms with E-state index >= 15 is 0 Å². The summed E-state index contributed by atoms with van der Waals surface area (Å²) in [5.41, 5.74) is 1.21.